The standard InChI is InChI=1S/C78H101N15O21/c1-3-4-6-16-56-72(106)86-59(40-51-42-80-55-15-10-9-14-54(51)55)71(105)82-44-66(97)84-57(37-49-18-22-52(94)23-19-49)73(107)88-60(41-68(99)100)77(111)93-29-11-17-61(93)75(109)83-43-65(96)81-45-67(98)89(2)63(39-48-12-7-5-8-13-48)76(110)87-58(74(108)85-56)38-50-20-24-53(25-21-50)114-36-28-79-64(95)27-26-62(78(112)113)92-34-32-90(46-69(101)102)30-31-91(33-35-92)47-70(103)104/h5,7-10,12-15,18-25,42,56-63,80,94H,3-4,6,11,16-17,26-41,43-47H2,1-2H3,(H,79,95)(H,81,96)(H,82,105)(H,83,109)(H,84,97)(H,85,108)(H,86,106)(H,87,110)(H,88,107)(H,99,100)(H,101,102)(H,103,104)(H,112,113)/t56-,57-,58-,59-,60-,61+,62?,63-/m0/s1. The van der Waals surface area contributed by atoms with E-state index in [9.17, 15) is 83.1 Å². The van der Waals surface area contributed by atoms with E-state index in [0.717, 1.165) is 9.80 Å². The number of unbranched alkanes of at least 4 members (excludes halogenated alkanes) is 2. The minimum Gasteiger partial charge on any atom is -0.508 e. The third-order valence-electron chi connectivity index (χ3n) is 20.0. The summed E-state index contributed by atoms with van der Waals surface area (Å²) >= 11 is 0. The Bertz CT molecular complexity index is 4180. The molecule has 3 saturated heterocycles. The van der Waals surface area contributed by atoms with Crippen molar-refractivity contribution in [2.75, 3.05) is 98.7 Å². The van der Waals surface area contributed by atoms with Crippen LogP contribution in [-0.4, -0.2) is 291 Å². The predicted molar refractivity (Wildman–Crippen MR) is 409 cm³/mol. The zero-order chi connectivity index (χ0) is 82.4. The number of phenolic OH excluding ortho intramolecular Hbond substituents is 1. The van der Waals surface area contributed by atoms with Gasteiger partial charge >= 0.3 is 23.9 Å². The highest BCUT2D eigenvalue weighted by atomic mass is 16.5. The highest BCUT2D eigenvalue weighted by Crippen LogP contribution is 2.23. The first-order valence-electron chi connectivity index (χ1n) is 37.9. The van der Waals surface area contributed by atoms with Crippen LogP contribution in [0, 0.1) is 0 Å². The molecular weight excluding hydrogens is 1480 g/mol. The number of phenols is 1. The summed E-state index contributed by atoms with van der Waals surface area (Å²) in [5.41, 5.74) is 2.63. The summed E-state index contributed by atoms with van der Waals surface area (Å²) in [6.45, 7) is -0.0361. The number of aromatic amines is 1. The summed E-state index contributed by atoms with van der Waals surface area (Å²) in [5.74, 6) is -14.2. The number of nitrogens with one attached hydrogen (secondary N) is 10. The molecule has 0 saturated carbocycles. The SMILES string of the molecule is CCCCC[C@@H]1NC(=O)[C@H](Cc2ccc(OCCNC(=O)CCC(C(=O)O)N3CCN(CC(=O)O)CCN(CC(=O)O)CC3)cc2)NC(=O)[C@H](Cc2ccccc2)N(C)C(=O)CNC(=O)CNC(=O)[C@H]2CCCN2C(=O)[C@H](CC(=O)O)NC(=O)[C@H](Cc2ccc(O)cc2)NC(=O)CNC(=O)[C@H](Cc2c[nH]c3ccccc23)NC1=O. The summed E-state index contributed by atoms with van der Waals surface area (Å²) in [6.07, 6.45) is 1.36. The van der Waals surface area contributed by atoms with Crippen LogP contribution in [0.1, 0.15) is 87.0 Å². The van der Waals surface area contributed by atoms with Gasteiger partial charge in [-0.25, -0.2) is 0 Å². The number of aliphatic carboxylic acids is 4. The third-order valence-corrected chi connectivity index (χ3v) is 20.0. The van der Waals surface area contributed by atoms with Gasteiger partial charge in [-0.2, -0.15) is 0 Å². The molecule has 3 aliphatic heterocycles. The number of fused-ring (bicyclic) bond motifs is 2. The Morgan fingerprint density at radius 3 is 1.75 bits per heavy atom. The average molecular weight is 1580 g/mol. The van der Waals surface area contributed by atoms with Crippen LogP contribution in [0.4, 0.5) is 0 Å². The van der Waals surface area contributed by atoms with Crippen molar-refractivity contribution < 1.29 is 102 Å². The van der Waals surface area contributed by atoms with Crippen molar-refractivity contribution in [3.8, 4) is 11.5 Å². The Morgan fingerprint density at radius 2 is 1.11 bits per heavy atom. The van der Waals surface area contributed by atoms with Gasteiger partial charge in [0.25, 0.3) is 0 Å². The van der Waals surface area contributed by atoms with Gasteiger partial charge in [0.2, 0.25) is 65.0 Å². The summed E-state index contributed by atoms with van der Waals surface area (Å²) < 4.78 is 5.96. The van der Waals surface area contributed by atoms with E-state index >= 15 is 14.4 Å². The molecule has 11 amide bonds. The Morgan fingerprint density at radius 1 is 0.553 bits per heavy atom. The van der Waals surface area contributed by atoms with E-state index in [1.165, 1.54) is 31.3 Å². The smallest absolute Gasteiger partial charge is 0.320 e. The fourth-order valence-electron chi connectivity index (χ4n) is 13.7. The monoisotopic (exact) mass is 1580 g/mol. The number of likely N-dealkylation sites (N-methyl/N-ethyl adjacent to an activating group) is 1. The van der Waals surface area contributed by atoms with Gasteiger partial charge in [-0.1, -0.05) is 99.0 Å². The lowest BCUT2D eigenvalue weighted by Crippen LogP contribution is -2.60. The molecule has 3 fully saturated rings. The number of aromatic hydroxyl groups is 1. The molecule has 0 aliphatic carbocycles. The minimum absolute atomic E-state index is 0.00221. The second kappa shape index (κ2) is 43.7. The van der Waals surface area contributed by atoms with Crippen LogP contribution in [-0.2, 0) is 97.6 Å². The van der Waals surface area contributed by atoms with E-state index in [2.05, 4.69) is 52.8 Å². The summed E-state index contributed by atoms with van der Waals surface area (Å²) in [7, 11) is 1.31. The number of carboxylic acids is 4. The fourth-order valence-corrected chi connectivity index (χ4v) is 13.7. The summed E-state index contributed by atoms with van der Waals surface area (Å²) in [4.78, 5) is 216. The van der Waals surface area contributed by atoms with E-state index in [1.807, 2.05) is 6.92 Å². The maximum Gasteiger partial charge on any atom is 0.320 e. The summed E-state index contributed by atoms with van der Waals surface area (Å²) in [5, 5.41) is 73.7. The molecule has 8 atom stereocenters. The molecular formula is C78H101N15O21. The van der Waals surface area contributed by atoms with Crippen LogP contribution >= 0.6 is 0 Å². The number of aromatic nitrogens is 1. The molecule has 614 valence electrons. The highest BCUT2D eigenvalue weighted by molar-refractivity contribution is 6.00. The van der Waals surface area contributed by atoms with Crippen LogP contribution < -0.4 is 52.6 Å². The number of nitrogens with zero attached hydrogens (tertiary/aromatic N) is 5. The zero-order valence-corrected chi connectivity index (χ0v) is 63.6. The van der Waals surface area contributed by atoms with Crippen LogP contribution in [0.15, 0.2) is 109 Å². The number of carbonyl (C=O) groups is 15. The lowest BCUT2D eigenvalue weighted by molar-refractivity contribution is -0.146. The molecule has 1 unspecified atom stereocenters. The molecule has 0 radical (unpaired) electrons. The van der Waals surface area contributed by atoms with Crippen LogP contribution in [0.25, 0.3) is 10.9 Å². The zero-order valence-electron chi connectivity index (χ0n) is 63.6. The number of carbonyl (C=O) groups excluding carboxylic acids is 11. The van der Waals surface area contributed by atoms with Crippen LogP contribution in [0.3, 0.4) is 0 Å². The van der Waals surface area contributed by atoms with Gasteiger partial charge in [-0.3, -0.25) is 86.6 Å². The normalized spacial score (nSPS) is 21.5. The van der Waals surface area contributed by atoms with Crippen LogP contribution in [0.2, 0.25) is 0 Å². The molecule has 5 aromatic rings. The van der Waals surface area contributed by atoms with E-state index < -0.39 is 163 Å². The van der Waals surface area contributed by atoms with Crippen molar-refractivity contribution >= 4 is 99.8 Å². The topological polar surface area (TPSA) is 507 Å². The van der Waals surface area contributed by atoms with Gasteiger partial charge in [0, 0.05) is 102 Å². The number of ether oxygens (including phenoxy) is 1. The molecule has 36 heteroatoms. The van der Waals surface area contributed by atoms with Crippen molar-refractivity contribution in [1.29, 1.82) is 0 Å². The van der Waals surface area contributed by atoms with Gasteiger partial charge in [-0.05, 0) is 78.3 Å². The van der Waals surface area contributed by atoms with Crippen molar-refractivity contribution in [3.05, 3.63) is 132 Å². The Hall–Kier alpha value is -12.1. The van der Waals surface area contributed by atoms with Gasteiger partial charge in [0.05, 0.1) is 45.7 Å². The lowest BCUT2D eigenvalue weighted by atomic mass is 10.00. The number of hydrogen-bond acceptors (Lipinski definition) is 20. The second-order valence-electron chi connectivity index (χ2n) is 28.3. The number of carboxylic acid groups (broad SMARTS) is 4. The Kier molecular flexibility index (Phi) is 33.5. The number of H-pyrrole nitrogens is 1. The van der Waals surface area contributed by atoms with Gasteiger partial charge in [-0.15, -0.1) is 0 Å². The van der Waals surface area contributed by atoms with E-state index in [0.29, 0.717) is 58.2 Å². The minimum atomic E-state index is -1.81. The maximum atomic E-state index is 15.3. The lowest BCUT2D eigenvalue weighted by Gasteiger charge is -2.30. The van der Waals surface area contributed by atoms with Gasteiger partial charge in [0.15, 0.2) is 0 Å². The molecule has 4 heterocycles. The first-order valence-corrected chi connectivity index (χ1v) is 37.9. The Balaban J connectivity index is 1.05. The van der Waals surface area contributed by atoms with E-state index in [1.54, 1.807) is 99.8 Å². The second-order valence-corrected chi connectivity index (χ2v) is 28.3. The maximum absolute atomic E-state index is 15.3. The van der Waals surface area contributed by atoms with Gasteiger partial charge in [0.1, 0.15) is 66.4 Å². The Labute approximate surface area is 657 Å². The number of benzene rings is 4. The first-order chi connectivity index (χ1) is 54.6. The molecule has 1 aromatic heterocycles. The largest absolute Gasteiger partial charge is 0.508 e. The number of hydrogen-bond donors (Lipinski definition) is 15. The quantitative estimate of drug-likeness (QED) is 0.0269. The molecule has 36 nitrogen and oxygen atoms in total. The molecule has 0 spiro atoms. The summed E-state index contributed by atoms with van der Waals surface area (Å²) in [6, 6.07) is 15.9. The number of para-hydroxylation sites is 1. The van der Waals surface area contributed by atoms with E-state index in [-0.39, 0.29) is 136 Å². The number of amides is 11. The van der Waals surface area contributed by atoms with Crippen molar-refractivity contribution in [3.63, 3.8) is 0 Å². The van der Waals surface area contributed by atoms with Crippen molar-refractivity contribution in [2.45, 2.75) is 139 Å². The molecule has 4 aromatic carbocycles. The average Bonchev–Trinajstić information content (AvgIpc) is 1.66. The number of rotatable bonds is 27. The molecule has 0 bridgehead atoms. The third kappa shape index (κ3) is 27.4. The van der Waals surface area contributed by atoms with Gasteiger partial charge < -0.3 is 92.9 Å². The molecule has 15 N–H and O–H groups in total. The molecule has 3 aliphatic rings. The first kappa shape index (κ1) is 87.5. The highest BCUT2D eigenvalue weighted by Gasteiger charge is 2.41. The van der Waals surface area contributed by atoms with Crippen molar-refractivity contribution in [1.82, 2.24) is 77.3 Å². The van der Waals surface area contributed by atoms with Crippen LogP contribution in [0.5, 0.6) is 11.5 Å². The molecule has 8 rings (SSSR count). The van der Waals surface area contributed by atoms with E-state index in [4.69, 9.17) is 4.74 Å². The fraction of sp³-hybridized carbons (Fsp3) is 0.474. The predicted octanol–water partition coefficient (Wildman–Crippen LogP) is -1.38. The molecule has 114 heavy (non-hydrogen) atoms. The van der Waals surface area contributed by atoms with Crippen molar-refractivity contribution in [2.24, 2.45) is 0 Å².